The maximum atomic E-state index is 5.74. The molecule has 3 nitrogen and oxygen atoms in total. The fraction of sp³-hybridized carbons (Fsp3) is 1.00. The van der Waals surface area contributed by atoms with Crippen molar-refractivity contribution >= 4 is 7.12 Å². The van der Waals surface area contributed by atoms with Crippen molar-refractivity contribution in [1.29, 1.82) is 0 Å². The lowest BCUT2D eigenvalue weighted by Gasteiger charge is -2.32. The van der Waals surface area contributed by atoms with Gasteiger partial charge in [-0.05, 0) is 34.6 Å². The second-order valence-corrected chi connectivity index (χ2v) is 4.60. The molecule has 0 bridgehead atoms. The highest BCUT2D eigenvalue weighted by molar-refractivity contribution is 6.46. The predicted molar refractivity (Wildman–Crippen MR) is 48.4 cm³/mol. The van der Waals surface area contributed by atoms with E-state index in [1.165, 1.54) is 0 Å². The van der Waals surface area contributed by atoms with Gasteiger partial charge < -0.3 is 15.0 Å². The lowest BCUT2D eigenvalue weighted by Crippen LogP contribution is -2.67. The summed E-state index contributed by atoms with van der Waals surface area (Å²) in [5, 5.41) is 0. The number of hydrogen-bond acceptors (Lipinski definition) is 2. The first kappa shape index (κ1) is 10.0. The van der Waals surface area contributed by atoms with E-state index in [2.05, 4.69) is 33.4 Å². The first-order valence-corrected chi connectivity index (χ1v) is 4.45. The Balaban J connectivity index is 2.74. The molecule has 1 aliphatic heterocycles. The zero-order chi connectivity index (χ0) is 9.57. The Labute approximate surface area is 74.7 Å². The van der Waals surface area contributed by atoms with E-state index in [0.29, 0.717) is 0 Å². The topological polar surface area (TPSA) is 46.1 Å². The standard InChI is InChI=1S/C8H18BNO2/c1-6(10)9-11-7(2,3)8(4,5)12-9/h6H,10H2,1-5H3/p+1. The van der Waals surface area contributed by atoms with E-state index in [9.17, 15) is 0 Å². The molecule has 0 aromatic rings. The Bertz CT molecular complexity index is 164. The van der Waals surface area contributed by atoms with E-state index >= 15 is 0 Å². The Morgan fingerprint density at radius 2 is 1.42 bits per heavy atom. The smallest absolute Gasteiger partial charge is 0.399 e. The van der Waals surface area contributed by atoms with Crippen LogP contribution in [0.3, 0.4) is 0 Å². The first-order valence-electron chi connectivity index (χ1n) is 4.45. The fourth-order valence-corrected chi connectivity index (χ4v) is 1.12. The summed E-state index contributed by atoms with van der Waals surface area (Å²) < 4.78 is 11.5. The third-order valence-electron chi connectivity index (χ3n) is 2.74. The normalized spacial score (nSPS) is 29.0. The van der Waals surface area contributed by atoms with Gasteiger partial charge in [0.05, 0.1) is 11.2 Å². The summed E-state index contributed by atoms with van der Waals surface area (Å²) in [6.07, 6.45) is 0. The maximum absolute atomic E-state index is 5.74. The Hall–Kier alpha value is -0.0551. The number of hydrogen-bond donors (Lipinski definition) is 1. The summed E-state index contributed by atoms with van der Waals surface area (Å²) in [6, 6.07) is 0. The molecule has 70 valence electrons. The maximum Gasteiger partial charge on any atom is 0.521 e. The molecule has 0 aromatic heterocycles. The Morgan fingerprint density at radius 1 is 1.08 bits per heavy atom. The van der Waals surface area contributed by atoms with Crippen molar-refractivity contribution in [3.63, 3.8) is 0 Å². The Kier molecular flexibility index (Phi) is 2.27. The van der Waals surface area contributed by atoms with Gasteiger partial charge in [-0.3, -0.25) is 0 Å². The van der Waals surface area contributed by atoms with Gasteiger partial charge in [0.2, 0.25) is 0 Å². The summed E-state index contributed by atoms with van der Waals surface area (Å²) in [5.74, 6) is 0.172. The van der Waals surface area contributed by atoms with Gasteiger partial charge in [0.25, 0.3) is 0 Å². The van der Waals surface area contributed by atoms with E-state index in [1.807, 2.05) is 6.92 Å². The fourth-order valence-electron chi connectivity index (χ4n) is 1.12. The molecule has 1 atom stereocenters. The molecule has 12 heavy (non-hydrogen) atoms. The molecular formula is C8H19BNO2+. The van der Waals surface area contributed by atoms with Crippen LogP contribution in [0.1, 0.15) is 34.6 Å². The lowest BCUT2D eigenvalue weighted by molar-refractivity contribution is -0.391. The van der Waals surface area contributed by atoms with Crippen LogP contribution >= 0.6 is 0 Å². The SMILES string of the molecule is CC([NH3+])B1OC(C)(C)C(C)(C)O1. The molecule has 1 fully saturated rings. The molecule has 0 aromatic carbocycles. The van der Waals surface area contributed by atoms with Crippen LogP contribution in [0.15, 0.2) is 0 Å². The van der Waals surface area contributed by atoms with Crippen molar-refractivity contribution < 1.29 is 15.0 Å². The molecule has 0 aliphatic carbocycles. The molecule has 0 amide bonds. The molecule has 3 N–H and O–H groups in total. The monoisotopic (exact) mass is 172 g/mol. The minimum atomic E-state index is -0.219. The Morgan fingerprint density at radius 3 is 1.58 bits per heavy atom. The van der Waals surface area contributed by atoms with E-state index in [1.54, 1.807) is 0 Å². The van der Waals surface area contributed by atoms with Crippen molar-refractivity contribution in [2.45, 2.75) is 51.8 Å². The zero-order valence-corrected chi connectivity index (χ0v) is 8.68. The van der Waals surface area contributed by atoms with Crippen molar-refractivity contribution in [3.05, 3.63) is 0 Å². The summed E-state index contributed by atoms with van der Waals surface area (Å²) in [4.78, 5) is 0. The van der Waals surface area contributed by atoms with Gasteiger partial charge in [-0.15, -0.1) is 0 Å². The highest BCUT2D eigenvalue weighted by atomic mass is 16.7. The quantitative estimate of drug-likeness (QED) is 0.576. The van der Waals surface area contributed by atoms with Crippen LogP contribution in [0, 0.1) is 0 Å². The van der Waals surface area contributed by atoms with Crippen LogP contribution in [0.4, 0.5) is 0 Å². The van der Waals surface area contributed by atoms with Crippen LogP contribution in [0.5, 0.6) is 0 Å². The van der Waals surface area contributed by atoms with Crippen molar-refractivity contribution in [2.75, 3.05) is 0 Å². The van der Waals surface area contributed by atoms with E-state index in [4.69, 9.17) is 9.31 Å². The van der Waals surface area contributed by atoms with E-state index in [-0.39, 0.29) is 24.3 Å². The third-order valence-corrected chi connectivity index (χ3v) is 2.74. The van der Waals surface area contributed by atoms with Crippen molar-refractivity contribution in [3.8, 4) is 0 Å². The molecule has 1 heterocycles. The molecule has 1 rings (SSSR count). The largest absolute Gasteiger partial charge is 0.521 e. The molecule has 0 radical (unpaired) electrons. The second kappa shape index (κ2) is 2.72. The number of rotatable bonds is 1. The van der Waals surface area contributed by atoms with Crippen LogP contribution < -0.4 is 5.73 Å². The highest BCUT2D eigenvalue weighted by Gasteiger charge is 2.53. The van der Waals surface area contributed by atoms with Crippen molar-refractivity contribution in [1.82, 2.24) is 0 Å². The molecule has 4 heteroatoms. The van der Waals surface area contributed by atoms with Gasteiger partial charge in [0.1, 0.15) is 5.94 Å². The highest BCUT2D eigenvalue weighted by Crippen LogP contribution is 2.36. The van der Waals surface area contributed by atoms with E-state index < -0.39 is 0 Å². The molecule has 0 spiro atoms. The van der Waals surface area contributed by atoms with E-state index in [0.717, 1.165) is 0 Å². The summed E-state index contributed by atoms with van der Waals surface area (Å²) >= 11 is 0. The third kappa shape index (κ3) is 1.51. The van der Waals surface area contributed by atoms with Gasteiger partial charge in [0.15, 0.2) is 0 Å². The average molecular weight is 172 g/mol. The van der Waals surface area contributed by atoms with Crippen LogP contribution in [0.2, 0.25) is 0 Å². The molecule has 0 saturated carbocycles. The van der Waals surface area contributed by atoms with Gasteiger partial charge in [-0.1, -0.05) is 0 Å². The van der Waals surface area contributed by atoms with Gasteiger partial charge in [-0.2, -0.15) is 0 Å². The molecule has 1 saturated heterocycles. The predicted octanol–water partition coefficient (Wildman–Crippen LogP) is 0.248. The van der Waals surface area contributed by atoms with Crippen LogP contribution in [-0.4, -0.2) is 24.3 Å². The summed E-state index contributed by atoms with van der Waals surface area (Å²) in [7, 11) is -0.157. The van der Waals surface area contributed by atoms with Gasteiger partial charge >= 0.3 is 7.12 Å². The van der Waals surface area contributed by atoms with Gasteiger partial charge in [-0.25, -0.2) is 0 Å². The molecule has 1 aliphatic rings. The second-order valence-electron chi connectivity index (χ2n) is 4.60. The average Bonchev–Trinajstić information content (AvgIpc) is 2.03. The summed E-state index contributed by atoms with van der Waals surface area (Å²) in [6.45, 7) is 10.2. The molecule has 1 unspecified atom stereocenters. The number of quaternary nitrogens is 1. The zero-order valence-electron chi connectivity index (χ0n) is 8.68. The van der Waals surface area contributed by atoms with Crippen LogP contribution in [0.25, 0.3) is 0 Å². The minimum Gasteiger partial charge on any atom is -0.399 e. The van der Waals surface area contributed by atoms with Crippen molar-refractivity contribution in [2.24, 2.45) is 0 Å². The van der Waals surface area contributed by atoms with Gasteiger partial charge in [0, 0.05) is 0 Å². The molecular weight excluding hydrogens is 153 g/mol. The first-order chi connectivity index (χ1) is 5.26. The van der Waals surface area contributed by atoms with Crippen LogP contribution in [-0.2, 0) is 9.31 Å². The minimum absolute atomic E-state index is 0.157. The summed E-state index contributed by atoms with van der Waals surface area (Å²) in [5.41, 5.74) is 3.46. The lowest BCUT2D eigenvalue weighted by atomic mass is 9.81.